The molecule has 0 unspecified atom stereocenters. The highest BCUT2D eigenvalue weighted by Gasteiger charge is 2.14. The van der Waals surface area contributed by atoms with Crippen molar-refractivity contribution in [1.82, 2.24) is 10.2 Å². The molecule has 0 fully saturated rings. The van der Waals surface area contributed by atoms with Crippen molar-refractivity contribution < 1.29 is 14.3 Å². The summed E-state index contributed by atoms with van der Waals surface area (Å²) >= 11 is 3.42. The van der Waals surface area contributed by atoms with E-state index in [1.165, 1.54) is 12.3 Å². The van der Waals surface area contributed by atoms with E-state index in [0.29, 0.717) is 22.7 Å². The molecule has 0 saturated carbocycles. The number of nitrogens with one attached hydrogen (secondary N) is 1. The van der Waals surface area contributed by atoms with Crippen molar-refractivity contribution in [3.8, 4) is 17.0 Å². The zero-order chi connectivity index (χ0) is 23.2. The van der Waals surface area contributed by atoms with E-state index in [0.717, 1.165) is 15.6 Å². The summed E-state index contributed by atoms with van der Waals surface area (Å²) in [5.41, 5.74) is 8.81. The summed E-state index contributed by atoms with van der Waals surface area (Å²) in [7, 11) is 0. The topological polar surface area (TPSA) is 107 Å². The molecule has 0 bridgehead atoms. The van der Waals surface area contributed by atoms with E-state index in [2.05, 4.69) is 31.4 Å². The maximum Gasteiger partial charge on any atom is 0.257 e. The monoisotopic (exact) mass is 502 g/mol. The van der Waals surface area contributed by atoms with Gasteiger partial charge < -0.3 is 15.8 Å². The molecule has 1 heterocycles. The lowest BCUT2D eigenvalue weighted by Gasteiger charge is -2.12. The lowest BCUT2D eigenvalue weighted by molar-refractivity contribution is 0.0992. The van der Waals surface area contributed by atoms with Crippen LogP contribution in [0.15, 0.2) is 89.5 Å². The standard InChI is InChI=1S/C25H19BrN4O3/c26-19-8-4-5-16(11-19)15-33-23-10-9-20(13-21(23)24(27)31)29-25(32)18-12-22(30-28-14-18)17-6-2-1-3-7-17/h1-14H,15H2,(H2,27,31)(H,29,32). The summed E-state index contributed by atoms with van der Waals surface area (Å²) in [6.07, 6.45) is 1.38. The molecule has 0 radical (unpaired) electrons. The van der Waals surface area contributed by atoms with Crippen LogP contribution in [0.4, 0.5) is 5.69 Å². The zero-order valence-electron chi connectivity index (χ0n) is 17.4. The van der Waals surface area contributed by atoms with Gasteiger partial charge in [-0.2, -0.15) is 10.2 Å². The largest absolute Gasteiger partial charge is 0.488 e. The molecule has 3 N–H and O–H groups in total. The Balaban J connectivity index is 1.51. The van der Waals surface area contributed by atoms with Gasteiger partial charge >= 0.3 is 0 Å². The van der Waals surface area contributed by atoms with E-state index in [-0.39, 0.29) is 18.1 Å². The molecular formula is C25H19BrN4O3. The number of rotatable bonds is 7. The van der Waals surface area contributed by atoms with Crippen molar-refractivity contribution in [2.75, 3.05) is 5.32 Å². The molecule has 8 heteroatoms. The highest BCUT2D eigenvalue weighted by atomic mass is 79.9. The summed E-state index contributed by atoms with van der Waals surface area (Å²) in [5, 5.41) is 10.8. The minimum Gasteiger partial charge on any atom is -0.488 e. The van der Waals surface area contributed by atoms with E-state index in [1.54, 1.807) is 18.2 Å². The Hall–Kier alpha value is -4.04. The molecule has 0 aliphatic rings. The second-order valence-electron chi connectivity index (χ2n) is 7.14. The number of nitrogens with zero attached hydrogens (tertiary/aromatic N) is 2. The van der Waals surface area contributed by atoms with Gasteiger partial charge in [-0.15, -0.1) is 0 Å². The number of carbonyl (C=O) groups excluding carboxylic acids is 2. The van der Waals surface area contributed by atoms with E-state index >= 15 is 0 Å². The van der Waals surface area contributed by atoms with E-state index < -0.39 is 5.91 Å². The molecule has 7 nitrogen and oxygen atoms in total. The molecule has 0 spiro atoms. The first-order valence-corrected chi connectivity index (χ1v) is 10.8. The van der Waals surface area contributed by atoms with Gasteiger partial charge in [0.05, 0.1) is 23.0 Å². The second kappa shape index (κ2) is 10.1. The SMILES string of the molecule is NC(=O)c1cc(NC(=O)c2cnnc(-c3ccccc3)c2)ccc1OCc1cccc(Br)c1. The third-order valence-electron chi connectivity index (χ3n) is 4.77. The Kier molecular flexibility index (Phi) is 6.75. The van der Waals surface area contributed by atoms with Crippen molar-refractivity contribution in [2.45, 2.75) is 6.61 Å². The summed E-state index contributed by atoms with van der Waals surface area (Å²) in [6, 6.07) is 23.5. The van der Waals surface area contributed by atoms with Crippen LogP contribution in [0, 0.1) is 0 Å². The molecule has 0 aliphatic carbocycles. The third kappa shape index (κ3) is 5.61. The van der Waals surface area contributed by atoms with Crippen LogP contribution >= 0.6 is 15.9 Å². The number of amides is 2. The number of anilines is 1. The van der Waals surface area contributed by atoms with Crippen LogP contribution in [0.2, 0.25) is 0 Å². The van der Waals surface area contributed by atoms with Crippen LogP contribution in [0.3, 0.4) is 0 Å². The highest BCUT2D eigenvalue weighted by Crippen LogP contribution is 2.25. The molecule has 33 heavy (non-hydrogen) atoms. The molecule has 4 aromatic rings. The van der Waals surface area contributed by atoms with E-state index in [9.17, 15) is 9.59 Å². The molecule has 0 atom stereocenters. The number of aromatic nitrogens is 2. The predicted molar refractivity (Wildman–Crippen MR) is 129 cm³/mol. The Morgan fingerprint density at radius 1 is 0.970 bits per heavy atom. The van der Waals surface area contributed by atoms with Gasteiger partial charge in [0, 0.05) is 15.7 Å². The Morgan fingerprint density at radius 3 is 2.55 bits per heavy atom. The van der Waals surface area contributed by atoms with Crippen LogP contribution in [0.25, 0.3) is 11.3 Å². The maximum atomic E-state index is 12.8. The Bertz CT molecular complexity index is 1310. The number of nitrogens with two attached hydrogens (primary N) is 1. The van der Waals surface area contributed by atoms with E-state index in [4.69, 9.17) is 10.5 Å². The average Bonchev–Trinajstić information content (AvgIpc) is 2.84. The first-order chi connectivity index (χ1) is 16.0. The average molecular weight is 503 g/mol. The summed E-state index contributed by atoms with van der Waals surface area (Å²) in [4.78, 5) is 24.8. The van der Waals surface area contributed by atoms with Gasteiger partial charge in [0.2, 0.25) is 0 Å². The lowest BCUT2D eigenvalue weighted by atomic mass is 10.1. The lowest BCUT2D eigenvalue weighted by Crippen LogP contribution is -2.16. The first kappa shape index (κ1) is 22.2. The molecule has 3 aromatic carbocycles. The first-order valence-electron chi connectivity index (χ1n) is 10.0. The molecule has 1 aromatic heterocycles. The van der Waals surface area contributed by atoms with Crippen LogP contribution in [-0.4, -0.2) is 22.0 Å². The van der Waals surface area contributed by atoms with Crippen molar-refractivity contribution in [1.29, 1.82) is 0 Å². The Labute approximate surface area is 198 Å². The van der Waals surface area contributed by atoms with Gasteiger partial charge in [-0.1, -0.05) is 58.4 Å². The fraction of sp³-hybridized carbons (Fsp3) is 0.0400. The number of primary amides is 1. The second-order valence-corrected chi connectivity index (χ2v) is 8.06. The fourth-order valence-corrected chi connectivity index (χ4v) is 3.60. The van der Waals surface area contributed by atoms with Gasteiger partial charge in [-0.05, 0) is 42.0 Å². The van der Waals surface area contributed by atoms with Gasteiger partial charge in [0.25, 0.3) is 11.8 Å². The van der Waals surface area contributed by atoms with Crippen LogP contribution in [0.5, 0.6) is 5.75 Å². The van der Waals surface area contributed by atoms with Crippen molar-refractivity contribution in [3.63, 3.8) is 0 Å². The number of ether oxygens (including phenoxy) is 1. The fourth-order valence-electron chi connectivity index (χ4n) is 3.16. The van der Waals surface area contributed by atoms with Crippen LogP contribution in [0.1, 0.15) is 26.3 Å². The van der Waals surface area contributed by atoms with Crippen molar-refractivity contribution in [3.05, 3.63) is 106 Å². The molecular weight excluding hydrogens is 484 g/mol. The Morgan fingerprint density at radius 2 is 1.79 bits per heavy atom. The maximum absolute atomic E-state index is 12.8. The highest BCUT2D eigenvalue weighted by molar-refractivity contribution is 9.10. The normalized spacial score (nSPS) is 10.5. The third-order valence-corrected chi connectivity index (χ3v) is 5.27. The van der Waals surface area contributed by atoms with Crippen LogP contribution < -0.4 is 15.8 Å². The minimum absolute atomic E-state index is 0.167. The zero-order valence-corrected chi connectivity index (χ0v) is 19.0. The number of halogens is 1. The number of carbonyl (C=O) groups is 2. The molecule has 0 aliphatic heterocycles. The minimum atomic E-state index is -0.660. The molecule has 164 valence electrons. The number of hydrogen-bond acceptors (Lipinski definition) is 5. The number of benzene rings is 3. The molecule has 0 saturated heterocycles. The predicted octanol–water partition coefficient (Wildman–Crippen LogP) is 4.84. The van der Waals surface area contributed by atoms with Gasteiger partial charge in [-0.25, -0.2) is 0 Å². The van der Waals surface area contributed by atoms with Gasteiger partial charge in [-0.3, -0.25) is 9.59 Å². The molecule has 4 rings (SSSR count). The smallest absolute Gasteiger partial charge is 0.257 e. The summed E-state index contributed by atoms with van der Waals surface area (Å²) in [6.45, 7) is 0.260. The van der Waals surface area contributed by atoms with Gasteiger partial charge in [0.15, 0.2) is 0 Å². The molecule has 2 amide bonds. The van der Waals surface area contributed by atoms with Crippen molar-refractivity contribution >= 4 is 33.4 Å². The quantitative estimate of drug-likeness (QED) is 0.376. The van der Waals surface area contributed by atoms with Crippen LogP contribution in [-0.2, 0) is 6.61 Å². The van der Waals surface area contributed by atoms with Gasteiger partial charge in [0.1, 0.15) is 12.4 Å². The number of hydrogen-bond donors (Lipinski definition) is 2. The van der Waals surface area contributed by atoms with E-state index in [1.807, 2.05) is 54.6 Å². The summed E-state index contributed by atoms with van der Waals surface area (Å²) < 4.78 is 6.72. The summed E-state index contributed by atoms with van der Waals surface area (Å²) in [5.74, 6) is -0.718. The van der Waals surface area contributed by atoms with Crippen molar-refractivity contribution in [2.24, 2.45) is 5.73 Å².